The minimum atomic E-state index is -0.149. The summed E-state index contributed by atoms with van der Waals surface area (Å²) in [6.07, 6.45) is 2.36. The van der Waals surface area contributed by atoms with E-state index < -0.39 is 0 Å². The number of fused-ring (bicyclic) bond motifs is 1. The molecule has 0 saturated heterocycles. The predicted octanol–water partition coefficient (Wildman–Crippen LogP) is 3.13. The van der Waals surface area contributed by atoms with Crippen molar-refractivity contribution in [2.24, 2.45) is 0 Å². The first-order valence-corrected chi connectivity index (χ1v) is 9.72. The molecule has 3 heterocycles. The molecule has 7 nitrogen and oxygen atoms in total. The van der Waals surface area contributed by atoms with Gasteiger partial charge in [-0.05, 0) is 37.3 Å². The summed E-state index contributed by atoms with van der Waals surface area (Å²) in [5, 5.41) is 5.77. The van der Waals surface area contributed by atoms with Crippen LogP contribution in [0.4, 0.5) is 0 Å². The number of pyridine rings is 1. The maximum absolute atomic E-state index is 12.3. The van der Waals surface area contributed by atoms with E-state index in [0.29, 0.717) is 36.6 Å². The number of hydrogen-bond acceptors (Lipinski definition) is 7. The fraction of sp³-hybridized carbons (Fsp3) is 0.250. The van der Waals surface area contributed by atoms with Crippen molar-refractivity contribution in [1.82, 2.24) is 15.3 Å². The number of carbonyl (C=O) groups is 1. The Morgan fingerprint density at radius 1 is 1.25 bits per heavy atom. The zero-order valence-electron chi connectivity index (χ0n) is 15.3. The molecule has 0 saturated carbocycles. The molecule has 1 amide bonds. The van der Waals surface area contributed by atoms with Crippen LogP contribution in [0.1, 0.15) is 26.8 Å². The van der Waals surface area contributed by atoms with Crippen LogP contribution < -0.4 is 19.5 Å². The Labute approximate surface area is 166 Å². The van der Waals surface area contributed by atoms with Crippen molar-refractivity contribution < 1.29 is 19.0 Å². The van der Waals surface area contributed by atoms with E-state index in [0.717, 1.165) is 22.1 Å². The minimum absolute atomic E-state index is 0.149. The number of nitrogens with one attached hydrogen (secondary N) is 1. The Bertz CT molecular complexity index is 972. The van der Waals surface area contributed by atoms with E-state index in [2.05, 4.69) is 15.3 Å². The maximum atomic E-state index is 12.3. The molecule has 8 heteroatoms. The van der Waals surface area contributed by atoms with Crippen molar-refractivity contribution in [2.75, 3.05) is 13.3 Å². The molecule has 0 atom stereocenters. The molecule has 144 valence electrons. The average Bonchev–Trinajstić information content (AvgIpc) is 3.36. The number of hydrogen-bond donors (Lipinski definition) is 1. The first-order valence-electron chi connectivity index (χ1n) is 8.84. The smallest absolute Gasteiger partial charge is 0.251 e. The van der Waals surface area contributed by atoms with Gasteiger partial charge in [-0.15, -0.1) is 11.3 Å². The summed E-state index contributed by atoms with van der Waals surface area (Å²) in [5.74, 6) is 1.83. The lowest BCUT2D eigenvalue weighted by Gasteiger charge is -2.05. The first-order chi connectivity index (χ1) is 13.7. The molecule has 1 aromatic carbocycles. The Balaban J connectivity index is 1.24. The number of aromatic nitrogens is 2. The van der Waals surface area contributed by atoms with E-state index in [1.807, 2.05) is 24.4 Å². The molecule has 0 fully saturated rings. The van der Waals surface area contributed by atoms with Gasteiger partial charge in [-0.25, -0.2) is 4.98 Å². The highest BCUT2D eigenvalue weighted by Gasteiger charge is 2.16. The number of benzene rings is 1. The van der Waals surface area contributed by atoms with E-state index in [9.17, 15) is 4.79 Å². The number of ether oxygens (including phenoxy) is 3. The van der Waals surface area contributed by atoms with E-state index in [1.165, 1.54) is 0 Å². The van der Waals surface area contributed by atoms with E-state index in [4.69, 9.17) is 14.2 Å². The van der Waals surface area contributed by atoms with Crippen molar-refractivity contribution in [2.45, 2.75) is 20.0 Å². The Kier molecular flexibility index (Phi) is 5.38. The lowest BCUT2D eigenvalue weighted by atomic mass is 10.2. The lowest BCUT2D eigenvalue weighted by Crippen LogP contribution is -2.25. The third-order valence-corrected chi connectivity index (χ3v) is 5.02. The van der Waals surface area contributed by atoms with Crippen molar-refractivity contribution in [3.05, 3.63) is 63.9 Å². The highest BCUT2D eigenvalue weighted by molar-refractivity contribution is 7.09. The highest BCUT2D eigenvalue weighted by atomic mass is 32.1. The van der Waals surface area contributed by atoms with Gasteiger partial charge < -0.3 is 19.5 Å². The molecule has 28 heavy (non-hydrogen) atoms. The summed E-state index contributed by atoms with van der Waals surface area (Å²) >= 11 is 1.54. The first kappa shape index (κ1) is 18.2. The van der Waals surface area contributed by atoms with Crippen molar-refractivity contribution in [3.8, 4) is 17.2 Å². The van der Waals surface area contributed by atoms with E-state index in [-0.39, 0.29) is 12.7 Å². The van der Waals surface area contributed by atoms with Crippen LogP contribution in [-0.4, -0.2) is 29.2 Å². The maximum Gasteiger partial charge on any atom is 0.251 e. The molecule has 1 N–H and O–H groups in total. The molecule has 1 aliphatic heterocycles. The average molecular weight is 397 g/mol. The molecule has 0 radical (unpaired) electrons. The van der Waals surface area contributed by atoms with Gasteiger partial charge in [0.2, 0.25) is 6.79 Å². The largest absolute Gasteiger partial charge is 0.485 e. The molecule has 1 aliphatic rings. The van der Waals surface area contributed by atoms with Crippen molar-refractivity contribution in [1.29, 1.82) is 0 Å². The summed E-state index contributed by atoms with van der Waals surface area (Å²) in [6, 6.07) is 8.96. The van der Waals surface area contributed by atoms with Gasteiger partial charge >= 0.3 is 0 Å². The fourth-order valence-corrected chi connectivity index (χ4v) is 3.40. The summed E-state index contributed by atoms with van der Waals surface area (Å²) < 4.78 is 16.2. The van der Waals surface area contributed by atoms with Crippen LogP contribution in [0.25, 0.3) is 0 Å². The second-order valence-electron chi connectivity index (χ2n) is 6.23. The van der Waals surface area contributed by atoms with Gasteiger partial charge in [0.05, 0.1) is 11.9 Å². The summed E-state index contributed by atoms with van der Waals surface area (Å²) in [5.41, 5.74) is 2.42. The molecule has 3 aromatic rings. The number of thiazole rings is 1. The lowest BCUT2D eigenvalue weighted by molar-refractivity contribution is 0.0953. The number of amides is 1. The Morgan fingerprint density at radius 3 is 3.00 bits per heavy atom. The van der Waals surface area contributed by atoms with Crippen molar-refractivity contribution >= 4 is 17.2 Å². The van der Waals surface area contributed by atoms with Gasteiger partial charge in [0.1, 0.15) is 17.4 Å². The van der Waals surface area contributed by atoms with Crippen LogP contribution in [-0.2, 0) is 13.0 Å². The van der Waals surface area contributed by atoms with E-state index >= 15 is 0 Å². The van der Waals surface area contributed by atoms with Gasteiger partial charge in [0.25, 0.3) is 5.91 Å². The molecular formula is C20H19N3O4S. The van der Waals surface area contributed by atoms with E-state index in [1.54, 1.807) is 35.7 Å². The highest BCUT2D eigenvalue weighted by Crippen LogP contribution is 2.32. The zero-order valence-corrected chi connectivity index (χ0v) is 16.1. The number of rotatable bonds is 7. The van der Waals surface area contributed by atoms with Crippen LogP contribution in [0.3, 0.4) is 0 Å². The van der Waals surface area contributed by atoms with Crippen LogP contribution in [0.2, 0.25) is 0 Å². The van der Waals surface area contributed by atoms with Gasteiger partial charge in [-0.2, -0.15) is 0 Å². The second-order valence-corrected chi connectivity index (χ2v) is 7.17. The summed E-state index contributed by atoms with van der Waals surface area (Å²) in [4.78, 5) is 21.0. The number of carbonyl (C=O) groups excluding carboxylic acids is 1. The van der Waals surface area contributed by atoms with Crippen molar-refractivity contribution in [3.63, 3.8) is 0 Å². The quantitative estimate of drug-likeness (QED) is 0.660. The standard InChI is InChI=1S/C20H19N3O4S/c1-13-2-4-16(9-22-13)25-10-19-23-15(11-28-19)6-7-21-20(24)14-3-5-17-18(8-14)27-12-26-17/h2-5,8-9,11H,6-7,10,12H2,1H3,(H,21,24). The van der Waals surface area contributed by atoms with Crippen LogP contribution in [0, 0.1) is 6.92 Å². The van der Waals surface area contributed by atoms with Gasteiger partial charge in [-0.3, -0.25) is 9.78 Å². The summed E-state index contributed by atoms with van der Waals surface area (Å²) in [6.45, 7) is 3.02. The molecule has 4 rings (SSSR count). The molecule has 2 aromatic heterocycles. The molecule has 0 bridgehead atoms. The Morgan fingerprint density at radius 2 is 2.14 bits per heavy atom. The molecule has 0 spiro atoms. The predicted molar refractivity (Wildman–Crippen MR) is 104 cm³/mol. The molecule has 0 unspecified atom stereocenters. The van der Waals surface area contributed by atoms with Crippen LogP contribution in [0.5, 0.6) is 17.2 Å². The number of aryl methyl sites for hydroxylation is 1. The van der Waals surface area contributed by atoms with Gasteiger partial charge in [0, 0.05) is 29.6 Å². The fourth-order valence-electron chi connectivity index (χ4n) is 2.66. The zero-order chi connectivity index (χ0) is 19.3. The summed E-state index contributed by atoms with van der Waals surface area (Å²) in [7, 11) is 0. The third-order valence-electron chi connectivity index (χ3n) is 4.15. The SMILES string of the molecule is Cc1ccc(OCc2nc(CCNC(=O)c3ccc4c(c3)OCO4)cs2)cn1. The van der Waals surface area contributed by atoms with Gasteiger partial charge in [0.15, 0.2) is 11.5 Å². The minimum Gasteiger partial charge on any atom is -0.485 e. The monoisotopic (exact) mass is 397 g/mol. The normalized spacial score (nSPS) is 12.0. The van der Waals surface area contributed by atoms with Crippen LogP contribution >= 0.6 is 11.3 Å². The second kappa shape index (κ2) is 8.26. The third kappa shape index (κ3) is 4.40. The molecular weight excluding hydrogens is 378 g/mol. The van der Waals surface area contributed by atoms with Gasteiger partial charge in [-0.1, -0.05) is 0 Å². The molecule has 0 aliphatic carbocycles. The topological polar surface area (TPSA) is 82.6 Å². The Hall–Kier alpha value is -3.13. The van der Waals surface area contributed by atoms with Crippen LogP contribution in [0.15, 0.2) is 41.9 Å². The number of nitrogens with zero attached hydrogens (tertiary/aromatic N) is 2.